The van der Waals surface area contributed by atoms with Crippen molar-refractivity contribution in [2.24, 2.45) is 0 Å². The van der Waals surface area contributed by atoms with Gasteiger partial charge in [-0.15, -0.1) is 0 Å². The molecule has 1 saturated carbocycles. The quantitative estimate of drug-likeness (QED) is 0.622. The summed E-state index contributed by atoms with van der Waals surface area (Å²) in [5.41, 5.74) is 1.56. The van der Waals surface area contributed by atoms with Gasteiger partial charge in [0.2, 0.25) is 11.8 Å². The van der Waals surface area contributed by atoms with Gasteiger partial charge in [0, 0.05) is 29.7 Å². The SMILES string of the molecule is O=C1Nc2ccc(-c3ccc(Cl)cc3F)cc2C(=O)N2CCN(C(=O)C3CCCN3C3CCCCC3)C[C@H]12. The third-order valence-corrected chi connectivity index (χ3v) is 8.86. The minimum absolute atomic E-state index is 0.0789. The molecule has 0 bridgehead atoms. The van der Waals surface area contributed by atoms with Gasteiger partial charge in [-0.3, -0.25) is 19.3 Å². The minimum atomic E-state index is -0.771. The van der Waals surface area contributed by atoms with Crippen molar-refractivity contribution in [1.82, 2.24) is 14.7 Å². The third kappa shape index (κ3) is 4.58. The molecule has 0 spiro atoms. The molecule has 2 aromatic rings. The van der Waals surface area contributed by atoms with Crippen molar-refractivity contribution in [1.29, 1.82) is 0 Å². The van der Waals surface area contributed by atoms with Crippen LogP contribution in [0.4, 0.5) is 10.1 Å². The van der Waals surface area contributed by atoms with E-state index in [1.807, 2.05) is 0 Å². The molecule has 6 rings (SSSR count). The lowest BCUT2D eigenvalue weighted by Crippen LogP contribution is -2.62. The second-order valence-electron chi connectivity index (χ2n) is 10.9. The fourth-order valence-corrected chi connectivity index (χ4v) is 6.82. The van der Waals surface area contributed by atoms with Gasteiger partial charge in [-0.1, -0.05) is 36.9 Å². The molecule has 4 aliphatic rings. The number of hydrogen-bond donors (Lipinski definition) is 1. The molecule has 7 nitrogen and oxygen atoms in total. The van der Waals surface area contributed by atoms with Gasteiger partial charge < -0.3 is 15.1 Å². The smallest absolute Gasteiger partial charge is 0.256 e. The Kier molecular flexibility index (Phi) is 6.86. The van der Waals surface area contributed by atoms with Crippen LogP contribution in [-0.2, 0) is 9.59 Å². The summed E-state index contributed by atoms with van der Waals surface area (Å²) < 4.78 is 14.6. The number of likely N-dealkylation sites (tertiary alicyclic amines) is 1. The van der Waals surface area contributed by atoms with E-state index >= 15 is 0 Å². The lowest BCUT2D eigenvalue weighted by Gasteiger charge is -2.42. The zero-order valence-corrected chi connectivity index (χ0v) is 22.1. The molecule has 1 N–H and O–H groups in total. The van der Waals surface area contributed by atoms with Crippen LogP contribution in [-0.4, -0.2) is 76.7 Å². The van der Waals surface area contributed by atoms with Crippen molar-refractivity contribution in [3.8, 4) is 11.1 Å². The van der Waals surface area contributed by atoms with Gasteiger partial charge in [0.1, 0.15) is 11.9 Å². The number of hydrogen-bond acceptors (Lipinski definition) is 4. The summed E-state index contributed by atoms with van der Waals surface area (Å²) in [7, 11) is 0. The first-order valence-electron chi connectivity index (χ1n) is 13.7. The van der Waals surface area contributed by atoms with Crippen molar-refractivity contribution in [3.63, 3.8) is 0 Å². The summed E-state index contributed by atoms with van der Waals surface area (Å²) in [6, 6.07) is 8.90. The summed E-state index contributed by atoms with van der Waals surface area (Å²) in [5, 5.41) is 3.17. The second kappa shape index (κ2) is 10.3. The van der Waals surface area contributed by atoms with Gasteiger partial charge in [0.15, 0.2) is 0 Å². The van der Waals surface area contributed by atoms with Crippen molar-refractivity contribution >= 4 is 35.0 Å². The fraction of sp³-hybridized carbons (Fsp3) is 0.483. The van der Waals surface area contributed by atoms with E-state index in [2.05, 4.69) is 10.2 Å². The molecule has 1 aliphatic carbocycles. The highest BCUT2D eigenvalue weighted by Crippen LogP contribution is 2.34. The highest BCUT2D eigenvalue weighted by molar-refractivity contribution is 6.30. The molecular formula is C29H32ClFN4O3. The van der Waals surface area contributed by atoms with E-state index in [9.17, 15) is 18.8 Å². The van der Waals surface area contributed by atoms with Crippen LogP contribution in [0.3, 0.4) is 0 Å². The van der Waals surface area contributed by atoms with Crippen LogP contribution >= 0.6 is 11.6 Å². The monoisotopic (exact) mass is 538 g/mol. The van der Waals surface area contributed by atoms with Crippen LogP contribution in [0.2, 0.25) is 5.02 Å². The maximum atomic E-state index is 14.6. The number of fused-ring (bicyclic) bond motifs is 2. The number of rotatable bonds is 3. The van der Waals surface area contributed by atoms with Gasteiger partial charge in [0.05, 0.1) is 23.8 Å². The Morgan fingerprint density at radius 1 is 0.921 bits per heavy atom. The fourth-order valence-electron chi connectivity index (χ4n) is 6.66. The van der Waals surface area contributed by atoms with E-state index in [0.717, 1.165) is 32.2 Å². The molecular weight excluding hydrogens is 507 g/mol. The van der Waals surface area contributed by atoms with Gasteiger partial charge in [0.25, 0.3) is 5.91 Å². The largest absolute Gasteiger partial charge is 0.337 e. The highest BCUT2D eigenvalue weighted by atomic mass is 35.5. The van der Waals surface area contributed by atoms with Crippen molar-refractivity contribution in [2.75, 3.05) is 31.5 Å². The van der Waals surface area contributed by atoms with Crippen LogP contribution in [0.1, 0.15) is 55.3 Å². The molecule has 3 heterocycles. The standard InChI is InChI=1S/C29H32ClFN4O3/c30-19-9-10-21(23(31)16-19)18-8-11-24-22(15-18)28(37)35-14-13-33(17-26(35)27(36)32-24)29(38)25-7-4-12-34(25)20-5-2-1-3-6-20/h8-11,15-16,20,25-26H,1-7,12-14,17H2,(H,32,36)/t25?,26-/m1/s1. The van der Waals surface area contributed by atoms with Crippen LogP contribution < -0.4 is 5.32 Å². The Labute approximate surface area is 226 Å². The zero-order chi connectivity index (χ0) is 26.4. The average molecular weight is 539 g/mol. The van der Waals surface area contributed by atoms with Crippen LogP contribution in [0, 0.1) is 5.82 Å². The lowest BCUT2D eigenvalue weighted by atomic mass is 9.93. The Bertz CT molecular complexity index is 1280. The number of nitrogens with one attached hydrogen (secondary N) is 1. The number of nitrogens with zero attached hydrogens (tertiary/aromatic N) is 3. The number of carbonyl (C=O) groups excluding carboxylic acids is 3. The van der Waals surface area contributed by atoms with Crippen molar-refractivity contribution in [3.05, 3.63) is 52.8 Å². The van der Waals surface area contributed by atoms with E-state index in [0.29, 0.717) is 40.0 Å². The second-order valence-corrected chi connectivity index (χ2v) is 11.3. The van der Waals surface area contributed by atoms with E-state index in [1.165, 1.54) is 25.3 Å². The maximum absolute atomic E-state index is 14.6. The summed E-state index contributed by atoms with van der Waals surface area (Å²) in [6.45, 7) is 1.80. The summed E-state index contributed by atoms with van der Waals surface area (Å²) in [4.78, 5) is 46.3. The van der Waals surface area contributed by atoms with Crippen molar-refractivity contribution in [2.45, 2.75) is 63.1 Å². The first-order chi connectivity index (χ1) is 18.4. The lowest BCUT2D eigenvalue weighted by molar-refractivity contribution is -0.141. The van der Waals surface area contributed by atoms with Crippen molar-refractivity contribution < 1.29 is 18.8 Å². The third-order valence-electron chi connectivity index (χ3n) is 8.63. The van der Waals surface area contributed by atoms with Gasteiger partial charge >= 0.3 is 0 Å². The number of carbonyl (C=O) groups is 3. The molecule has 200 valence electrons. The summed E-state index contributed by atoms with van der Waals surface area (Å²) in [5.74, 6) is -1.01. The molecule has 38 heavy (non-hydrogen) atoms. The molecule has 3 amide bonds. The maximum Gasteiger partial charge on any atom is 0.256 e. The molecule has 9 heteroatoms. The van der Waals surface area contributed by atoms with Crippen LogP contribution in [0.25, 0.3) is 11.1 Å². The molecule has 1 unspecified atom stereocenters. The van der Waals surface area contributed by atoms with E-state index in [-0.39, 0.29) is 36.9 Å². The highest BCUT2D eigenvalue weighted by Gasteiger charge is 2.44. The predicted octanol–water partition coefficient (Wildman–Crippen LogP) is 4.55. The summed E-state index contributed by atoms with van der Waals surface area (Å²) in [6.07, 6.45) is 7.88. The predicted molar refractivity (Wildman–Crippen MR) is 143 cm³/mol. The van der Waals surface area contributed by atoms with Gasteiger partial charge in [-0.05, 0) is 68.1 Å². The zero-order valence-electron chi connectivity index (χ0n) is 21.3. The molecule has 0 aromatic heterocycles. The van der Waals surface area contributed by atoms with Crippen LogP contribution in [0.5, 0.6) is 0 Å². The Morgan fingerprint density at radius 2 is 1.74 bits per heavy atom. The Hall–Kier alpha value is -2.97. The molecule has 0 radical (unpaired) electrons. The number of halogens is 2. The van der Waals surface area contributed by atoms with E-state index in [4.69, 9.17) is 11.6 Å². The number of amides is 3. The van der Waals surface area contributed by atoms with E-state index < -0.39 is 11.9 Å². The van der Waals surface area contributed by atoms with E-state index in [1.54, 1.807) is 40.1 Å². The van der Waals surface area contributed by atoms with Gasteiger partial charge in [-0.25, -0.2) is 4.39 Å². The average Bonchev–Trinajstić information content (AvgIpc) is 3.39. The summed E-state index contributed by atoms with van der Waals surface area (Å²) >= 11 is 5.90. The first-order valence-corrected chi connectivity index (χ1v) is 14.0. The Balaban J connectivity index is 1.21. The topological polar surface area (TPSA) is 73.0 Å². The number of piperazine rings is 1. The first kappa shape index (κ1) is 25.3. The molecule has 2 aromatic carbocycles. The molecule has 3 aliphatic heterocycles. The normalized spacial score (nSPS) is 24.6. The molecule has 3 fully saturated rings. The molecule has 2 saturated heterocycles. The minimum Gasteiger partial charge on any atom is -0.337 e. The molecule has 2 atom stereocenters. The van der Waals surface area contributed by atoms with Crippen LogP contribution in [0.15, 0.2) is 36.4 Å². The Morgan fingerprint density at radius 3 is 2.53 bits per heavy atom. The van der Waals surface area contributed by atoms with Gasteiger partial charge in [-0.2, -0.15) is 0 Å². The number of benzene rings is 2. The number of anilines is 1.